The first-order valence-electron chi connectivity index (χ1n) is 10.5. The highest BCUT2D eigenvalue weighted by Gasteiger charge is 2.42. The molecule has 0 saturated carbocycles. The second-order valence-electron chi connectivity index (χ2n) is 7.72. The molecule has 2 aromatic rings. The normalized spacial score (nSPS) is 18.8. The highest BCUT2D eigenvalue weighted by Crippen LogP contribution is 2.36. The van der Waals surface area contributed by atoms with Crippen molar-refractivity contribution in [1.82, 2.24) is 20.2 Å². The molecule has 166 valence electrons. The highest BCUT2D eigenvalue weighted by molar-refractivity contribution is 5.94. The first kappa shape index (κ1) is 21.6. The number of amides is 2. The van der Waals surface area contributed by atoms with Crippen molar-refractivity contribution in [2.75, 3.05) is 19.8 Å². The average Bonchev–Trinajstić information content (AvgIpc) is 2.80. The van der Waals surface area contributed by atoms with Crippen LogP contribution in [0.3, 0.4) is 0 Å². The van der Waals surface area contributed by atoms with Gasteiger partial charge in [-0.25, -0.2) is 0 Å². The Bertz CT molecular complexity index is 999. The Balaban J connectivity index is 1.77. The molecule has 32 heavy (non-hydrogen) atoms. The van der Waals surface area contributed by atoms with Crippen LogP contribution in [-0.2, 0) is 9.59 Å². The fraction of sp³-hybridized carbons (Fsp3) is 0.250. The summed E-state index contributed by atoms with van der Waals surface area (Å²) in [5.74, 6) is -0.989. The van der Waals surface area contributed by atoms with Gasteiger partial charge < -0.3 is 20.4 Å². The fourth-order valence-electron chi connectivity index (χ4n) is 4.02. The summed E-state index contributed by atoms with van der Waals surface area (Å²) in [6.45, 7) is 2.19. The van der Waals surface area contributed by atoms with Crippen LogP contribution < -0.4 is 5.32 Å². The molecule has 2 aliphatic rings. The van der Waals surface area contributed by atoms with Crippen molar-refractivity contribution in [2.45, 2.75) is 19.1 Å². The second kappa shape index (κ2) is 9.25. The fourth-order valence-corrected chi connectivity index (χ4v) is 4.02. The van der Waals surface area contributed by atoms with Gasteiger partial charge in [0.1, 0.15) is 6.10 Å². The summed E-state index contributed by atoms with van der Waals surface area (Å²) in [5, 5.41) is 27.1. The minimum Gasteiger partial charge on any atom is -0.507 e. The predicted octanol–water partition coefficient (Wildman–Crippen LogP) is 1.89. The van der Waals surface area contributed by atoms with E-state index in [0.717, 1.165) is 11.1 Å². The molecule has 1 unspecified atom stereocenters. The number of carbonyl (C=O) groups excluding carboxylic acids is 2. The van der Waals surface area contributed by atoms with Crippen molar-refractivity contribution >= 4 is 11.8 Å². The molecule has 0 aromatic heterocycles. The molecular weight excluding hydrogens is 408 g/mol. The van der Waals surface area contributed by atoms with Crippen LogP contribution >= 0.6 is 0 Å². The minimum atomic E-state index is -1.26. The smallest absolute Gasteiger partial charge is 0.276 e. The molecule has 4 rings (SSSR count). The van der Waals surface area contributed by atoms with Gasteiger partial charge in [0.05, 0.1) is 12.7 Å². The zero-order valence-corrected chi connectivity index (χ0v) is 17.8. The molecule has 8 heteroatoms. The van der Waals surface area contributed by atoms with Crippen LogP contribution in [0, 0.1) is 0 Å². The summed E-state index contributed by atoms with van der Waals surface area (Å²) < 4.78 is 0. The molecule has 2 amide bonds. The van der Waals surface area contributed by atoms with Gasteiger partial charge in [0.15, 0.2) is 11.5 Å². The Morgan fingerprint density at radius 1 is 1.09 bits per heavy atom. The summed E-state index contributed by atoms with van der Waals surface area (Å²) in [6, 6.07) is 19.5. The molecule has 0 aliphatic carbocycles. The van der Waals surface area contributed by atoms with E-state index in [1.54, 1.807) is 16.1 Å². The van der Waals surface area contributed by atoms with Crippen molar-refractivity contribution in [3.05, 3.63) is 95.5 Å². The van der Waals surface area contributed by atoms with Gasteiger partial charge in [0, 0.05) is 26.2 Å². The van der Waals surface area contributed by atoms with Crippen molar-refractivity contribution in [3.63, 3.8) is 0 Å². The lowest BCUT2D eigenvalue weighted by Gasteiger charge is -2.48. The van der Waals surface area contributed by atoms with Gasteiger partial charge in [-0.3, -0.25) is 14.6 Å². The number of aliphatic hydroxyl groups excluding tert-OH is 2. The van der Waals surface area contributed by atoms with E-state index in [4.69, 9.17) is 0 Å². The number of fused-ring (bicyclic) bond motifs is 1. The third-order valence-electron chi connectivity index (χ3n) is 5.53. The predicted molar refractivity (Wildman–Crippen MR) is 118 cm³/mol. The molecule has 2 aliphatic heterocycles. The summed E-state index contributed by atoms with van der Waals surface area (Å²) in [6.07, 6.45) is 1.80. The standard InChI is InChI=1S/C24H26N4O4/c1-17(29)25-13-15-26-16-28(27-14-12-20(30)23(31)22(27)24(26)32)21(18-8-4-2-5-9-18)19-10-6-3-7-11-19/h2-12,14,20-21,30-31H,13,15-16H2,1H3,(H,25,29). The van der Waals surface area contributed by atoms with E-state index in [-0.39, 0.29) is 37.4 Å². The van der Waals surface area contributed by atoms with Crippen molar-refractivity contribution in [1.29, 1.82) is 0 Å². The number of hydrazine groups is 1. The number of hydrogen-bond acceptors (Lipinski definition) is 6. The van der Waals surface area contributed by atoms with E-state index in [1.807, 2.05) is 65.7 Å². The molecule has 1 fully saturated rings. The van der Waals surface area contributed by atoms with Gasteiger partial charge >= 0.3 is 0 Å². The van der Waals surface area contributed by atoms with Gasteiger partial charge in [-0.1, -0.05) is 60.7 Å². The number of benzene rings is 2. The van der Waals surface area contributed by atoms with Gasteiger partial charge in [0.2, 0.25) is 5.91 Å². The van der Waals surface area contributed by atoms with Crippen LogP contribution in [0.25, 0.3) is 0 Å². The molecule has 0 spiro atoms. The molecule has 1 atom stereocenters. The first-order chi connectivity index (χ1) is 15.5. The average molecular weight is 434 g/mol. The Morgan fingerprint density at radius 3 is 2.25 bits per heavy atom. The molecule has 8 nitrogen and oxygen atoms in total. The zero-order chi connectivity index (χ0) is 22.7. The topological polar surface area (TPSA) is 96.4 Å². The van der Waals surface area contributed by atoms with Gasteiger partial charge in [-0.2, -0.15) is 5.01 Å². The molecule has 2 heterocycles. The monoisotopic (exact) mass is 434 g/mol. The Hall–Kier alpha value is -3.62. The van der Waals surface area contributed by atoms with Crippen LogP contribution in [0.4, 0.5) is 0 Å². The summed E-state index contributed by atoms with van der Waals surface area (Å²) in [4.78, 5) is 26.1. The van der Waals surface area contributed by atoms with Crippen LogP contribution in [0.1, 0.15) is 24.1 Å². The summed E-state index contributed by atoms with van der Waals surface area (Å²) in [5.41, 5.74) is 2.02. The van der Waals surface area contributed by atoms with Gasteiger partial charge in [0.25, 0.3) is 5.91 Å². The van der Waals surface area contributed by atoms with E-state index in [1.165, 1.54) is 13.0 Å². The van der Waals surface area contributed by atoms with E-state index in [0.29, 0.717) is 0 Å². The Kier molecular flexibility index (Phi) is 6.25. The lowest BCUT2D eigenvalue weighted by molar-refractivity contribution is -0.150. The number of hydrogen-bond donors (Lipinski definition) is 3. The third-order valence-corrected chi connectivity index (χ3v) is 5.53. The minimum absolute atomic E-state index is 0.00550. The first-order valence-corrected chi connectivity index (χ1v) is 10.5. The summed E-state index contributed by atoms with van der Waals surface area (Å²) >= 11 is 0. The Labute approximate surface area is 186 Å². The quantitative estimate of drug-likeness (QED) is 0.643. The summed E-state index contributed by atoms with van der Waals surface area (Å²) in [7, 11) is 0. The van der Waals surface area contributed by atoms with Crippen molar-refractivity contribution < 1.29 is 19.8 Å². The second-order valence-corrected chi connectivity index (χ2v) is 7.72. The Morgan fingerprint density at radius 2 is 1.69 bits per heavy atom. The van der Waals surface area contributed by atoms with E-state index >= 15 is 0 Å². The van der Waals surface area contributed by atoms with Gasteiger partial charge in [-0.15, -0.1) is 0 Å². The number of carbonyl (C=O) groups is 2. The number of nitrogens with one attached hydrogen (secondary N) is 1. The maximum Gasteiger partial charge on any atom is 0.276 e. The van der Waals surface area contributed by atoms with Crippen LogP contribution in [0.2, 0.25) is 0 Å². The van der Waals surface area contributed by atoms with Crippen LogP contribution in [-0.4, -0.2) is 62.8 Å². The number of rotatable bonds is 6. The maximum atomic E-state index is 13.2. The molecule has 0 radical (unpaired) electrons. The number of aliphatic hydroxyl groups is 2. The van der Waals surface area contributed by atoms with Crippen LogP contribution in [0.15, 0.2) is 84.4 Å². The van der Waals surface area contributed by atoms with E-state index in [9.17, 15) is 19.8 Å². The third kappa shape index (κ3) is 4.23. The lowest BCUT2D eigenvalue weighted by Crippen LogP contribution is -2.59. The number of nitrogens with zero attached hydrogens (tertiary/aromatic N) is 3. The molecule has 3 N–H and O–H groups in total. The van der Waals surface area contributed by atoms with Gasteiger partial charge in [-0.05, 0) is 17.2 Å². The van der Waals surface area contributed by atoms with E-state index in [2.05, 4.69) is 5.32 Å². The molecular formula is C24H26N4O4. The molecule has 0 bridgehead atoms. The van der Waals surface area contributed by atoms with Crippen molar-refractivity contribution in [3.8, 4) is 0 Å². The van der Waals surface area contributed by atoms with Crippen molar-refractivity contribution in [2.24, 2.45) is 0 Å². The SMILES string of the molecule is CC(=O)NCCN1CN(C(c2ccccc2)c2ccccc2)N2C=CC(O)C(O)=C2C1=O. The van der Waals surface area contributed by atoms with Crippen LogP contribution in [0.5, 0.6) is 0 Å². The zero-order valence-electron chi connectivity index (χ0n) is 17.8. The lowest BCUT2D eigenvalue weighted by atomic mass is 9.97. The molecule has 1 saturated heterocycles. The highest BCUT2D eigenvalue weighted by atomic mass is 16.3. The van der Waals surface area contributed by atoms with E-state index < -0.39 is 17.8 Å². The molecule has 2 aromatic carbocycles. The maximum absolute atomic E-state index is 13.2. The largest absolute Gasteiger partial charge is 0.507 e.